The smallest absolute Gasteiger partial charge is 0.548 e. The first-order valence-electron chi connectivity index (χ1n) is 13.1. The maximum absolute atomic E-state index is 14.0. The van der Waals surface area contributed by atoms with Crippen LogP contribution in [0.2, 0.25) is 0 Å². The molecule has 8 heteroatoms. The van der Waals surface area contributed by atoms with Crippen molar-refractivity contribution in [3.05, 3.63) is 125 Å². The topological polar surface area (TPSA) is 72.5 Å². The van der Waals surface area contributed by atoms with Crippen LogP contribution in [0, 0.1) is 12.7 Å². The number of para-hydroxylation sites is 1. The Hall–Kier alpha value is -3.50. The minimum absolute atomic E-state index is 0. The van der Waals surface area contributed by atoms with Crippen LogP contribution in [0.3, 0.4) is 0 Å². The molecule has 0 aliphatic rings. The van der Waals surface area contributed by atoms with Gasteiger partial charge in [-0.25, -0.2) is 4.39 Å². The van der Waals surface area contributed by atoms with E-state index in [-0.39, 0.29) is 31.1 Å². The number of hydrogen-bond acceptors (Lipinski definition) is 5. The van der Waals surface area contributed by atoms with Gasteiger partial charge in [0, 0.05) is 24.3 Å². The first-order chi connectivity index (χ1) is 19.4. The molecule has 4 aromatic rings. The summed E-state index contributed by atoms with van der Waals surface area (Å²) in [7, 11) is 0. The summed E-state index contributed by atoms with van der Waals surface area (Å²) in [6.07, 6.45) is 2.16. The van der Waals surface area contributed by atoms with Crippen molar-refractivity contribution in [1.82, 2.24) is 5.32 Å². The van der Waals surface area contributed by atoms with Gasteiger partial charge in [0.1, 0.15) is 5.82 Å². The summed E-state index contributed by atoms with van der Waals surface area (Å²) in [5.74, 6) is -1.45. The van der Waals surface area contributed by atoms with Crippen LogP contribution in [0.25, 0.3) is 11.1 Å². The molecule has 1 atom stereocenters. The van der Waals surface area contributed by atoms with Gasteiger partial charge in [0.2, 0.25) is 0 Å². The fraction of sp³-hybridized carbons (Fsp3) is 0.212. The van der Waals surface area contributed by atoms with E-state index in [1.165, 1.54) is 23.9 Å². The average Bonchev–Trinajstić information content (AvgIpc) is 2.95. The zero-order valence-electron chi connectivity index (χ0n) is 23.6. The Morgan fingerprint density at radius 3 is 2.22 bits per heavy atom. The molecule has 0 aliphatic carbocycles. The normalized spacial score (nSPS) is 11.3. The number of aliphatic carboxylic acids is 1. The minimum Gasteiger partial charge on any atom is -0.548 e. The maximum atomic E-state index is 14.0. The largest absolute Gasteiger partial charge is 1.00 e. The van der Waals surface area contributed by atoms with E-state index in [0.717, 1.165) is 27.9 Å². The number of amides is 1. The number of halogens is 1. The molecule has 0 unspecified atom stereocenters. The Morgan fingerprint density at radius 1 is 0.878 bits per heavy atom. The van der Waals surface area contributed by atoms with Crippen molar-refractivity contribution in [3.63, 3.8) is 0 Å². The van der Waals surface area contributed by atoms with E-state index in [2.05, 4.69) is 10.2 Å². The molecule has 0 aromatic heterocycles. The molecule has 206 valence electrons. The average molecular weight is 563 g/mol. The van der Waals surface area contributed by atoms with E-state index in [1.807, 2.05) is 86.0 Å². The molecule has 0 saturated heterocycles. The van der Waals surface area contributed by atoms with Gasteiger partial charge in [-0.15, -0.1) is 0 Å². The Bertz CT molecular complexity index is 1470. The third kappa shape index (κ3) is 8.74. The summed E-state index contributed by atoms with van der Waals surface area (Å²) in [5.41, 5.74) is 5.77. The summed E-state index contributed by atoms with van der Waals surface area (Å²) in [5, 5.41) is 14.4. The second-order valence-electron chi connectivity index (χ2n) is 9.64. The van der Waals surface area contributed by atoms with Crippen molar-refractivity contribution < 1.29 is 37.9 Å². The molecule has 0 radical (unpaired) electrons. The number of nitrogens with one attached hydrogen (secondary N) is 1. The number of aryl methyl sites for hydroxylation is 1. The van der Waals surface area contributed by atoms with E-state index in [1.54, 1.807) is 12.1 Å². The van der Waals surface area contributed by atoms with Gasteiger partial charge in [-0.05, 0) is 89.6 Å². The summed E-state index contributed by atoms with van der Waals surface area (Å²) in [4.78, 5) is 27.3. The number of nitrogens with zero attached hydrogens (tertiary/aromatic N) is 1. The molecular weight excluding hydrogens is 530 g/mol. The molecule has 1 N–H and O–H groups in total. The molecule has 0 bridgehead atoms. The van der Waals surface area contributed by atoms with E-state index in [0.29, 0.717) is 30.0 Å². The number of hydrogen-bond donors (Lipinski definition) is 1. The van der Waals surface area contributed by atoms with Gasteiger partial charge in [-0.2, -0.15) is 11.8 Å². The quantitative estimate of drug-likeness (QED) is 0.269. The minimum atomic E-state index is -1.30. The first-order valence-corrected chi connectivity index (χ1v) is 14.5. The Balaban J connectivity index is 0.00000462. The summed E-state index contributed by atoms with van der Waals surface area (Å²) >= 11 is 1.51. The fourth-order valence-corrected chi connectivity index (χ4v) is 5.13. The van der Waals surface area contributed by atoms with Gasteiger partial charge in [-0.3, -0.25) is 4.79 Å². The number of carbonyl (C=O) groups is 2. The zero-order valence-corrected chi connectivity index (χ0v) is 24.4. The van der Waals surface area contributed by atoms with E-state index >= 15 is 0 Å². The monoisotopic (exact) mass is 562 g/mol. The molecule has 41 heavy (non-hydrogen) atoms. The van der Waals surface area contributed by atoms with Crippen LogP contribution in [0.15, 0.2) is 97.1 Å². The number of thioether (sulfide) groups is 1. The van der Waals surface area contributed by atoms with Crippen molar-refractivity contribution >= 4 is 29.3 Å². The van der Waals surface area contributed by atoms with E-state index in [4.69, 9.17) is 0 Å². The van der Waals surface area contributed by atoms with Crippen LogP contribution in [-0.2, 0) is 17.9 Å². The van der Waals surface area contributed by atoms with Crippen LogP contribution in [0.5, 0.6) is 0 Å². The number of carbonyl (C=O) groups excluding carboxylic acids is 2. The predicted molar refractivity (Wildman–Crippen MR) is 159 cm³/mol. The standard InChI is InChI=1S/C33H33FN2O3S.Li/c1-23-9-6-7-14-28(23)30-20-25(15-16-29(30)32(37)35-31(33(38)39)17-18-40-2)22-36(27-12-4-3-5-13-27)21-24-10-8-11-26(34)19-24;/h3-16,19-20,31H,17-18,21-22H2,1-2H3,(H,35,37)(H,38,39);/q;+1/p-1/t31-;/m0./s1. The molecule has 5 nitrogen and oxygen atoms in total. The molecule has 0 saturated carbocycles. The van der Waals surface area contributed by atoms with Crippen LogP contribution in [-0.4, -0.2) is 29.9 Å². The van der Waals surface area contributed by atoms with Crippen LogP contribution >= 0.6 is 11.8 Å². The Morgan fingerprint density at radius 2 is 1.56 bits per heavy atom. The third-order valence-electron chi connectivity index (χ3n) is 6.72. The summed E-state index contributed by atoms with van der Waals surface area (Å²) in [6.45, 7) is 2.98. The van der Waals surface area contributed by atoms with Gasteiger partial charge in [0.15, 0.2) is 0 Å². The fourth-order valence-electron chi connectivity index (χ4n) is 4.66. The van der Waals surface area contributed by atoms with Crippen molar-refractivity contribution in [2.45, 2.75) is 32.5 Å². The molecule has 0 aliphatic heterocycles. The van der Waals surface area contributed by atoms with Gasteiger partial charge in [0.25, 0.3) is 5.91 Å². The van der Waals surface area contributed by atoms with Crippen LogP contribution in [0.1, 0.15) is 33.5 Å². The van der Waals surface area contributed by atoms with Crippen molar-refractivity contribution in [2.24, 2.45) is 0 Å². The van der Waals surface area contributed by atoms with Crippen LogP contribution in [0.4, 0.5) is 10.1 Å². The number of anilines is 1. The van der Waals surface area contributed by atoms with Gasteiger partial charge < -0.3 is 20.1 Å². The molecular formula is C33H32FLiN2O3S. The zero-order chi connectivity index (χ0) is 28.5. The number of carboxylic acids is 1. The summed E-state index contributed by atoms with van der Waals surface area (Å²) < 4.78 is 14.0. The summed E-state index contributed by atoms with van der Waals surface area (Å²) in [6, 6.07) is 28.8. The van der Waals surface area contributed by atoms with Crippen molar-refractivity contribution in [3.8, 4) is 11.1 Å². The van der Waals surface area contributed by atoms with Crippen molar-refractivity contribution in [1.29, 1.82) is 0 Å². The predicted octanol–water partition coefficient (Wildman–Crippen LogP) is 2.61. The molecule has 0 heterocycles. The second kappa shape index (κ2) is 15.5. The van der Waals surface area contributed by atoms with Gasteiger partial charge in [-0.1, -0.05) is 60.7 Å². The first kappa shape index (κ1) is 32.0. The number of rotatable bonds is 12. The molecule has 1 amide bonds. The maximum Gasteiger partial charge on any atom is 1.00 e. The molecule has 0 spiro atoms. The Labute approximate surface area is 257 Å². The van der Waals surface area contributed by atoms with Crippen molar-refractivity contribution in [2.75, 3.05) is 16.9 Å². The molecule has 0 fully saturated rings. The van der Waals surface area contributed by atoms with Gasteiger partial charge >= 0.3 is 18.9 Å². The molecule has 4 aromatic carbocycles. The van der Waals surface area contributed by atoms with Gasteiger partial charge in [0.05, 0.1) is 12.0 Å². The van der Waals surface area contributed by atoms with E-state index < -0.39 is 17.9 Å². The van der Waals surface area contributed by atoms with E-state index in [9.17, 15) is 19.1 Å². The SMILES string of the molecule is CSCC[C@H](NC(=O)c1ccc(CN(Cc2cccc(F)c2)c2ccccc2)cc1-c1ccccc1C)C(=O)[O-].[Li+]. The second-order valence-corrected chi connectivity index (χ2v) is 10.6. The Kier molecular flexibility index (Phi) is 12.1. The van der Waals surface area contributed by atoms with Crippen LogP contribution < -0.4 is 34.2 Å². The molecule has 4 rings (SSSR count). The number of benzene rings is 4. The number of carboxylic acid groups (broad SMARTS) is 1. The third-order valence-corrected chi connectivity index (χ3v) is 7.37.